The van der Waals surface area contributed by atoms with Gasteiger partial charge in [0.15, 0.2) is 0 Å². The van der Waals surface area contributed by atoms with E-state index in [0.717, 1.165) is 27.9 Å². The third-order valence-electron chi connectivity index (χ3n) is 7.30. The number of carbonyl (C=O) groups is 3. The van der Waals surface area contributed by atoms with Crippen LogP contribution in [0.2, 0.25) is 0 Å². The molecule has 1 heterocycles. The SMILES string of the molecule is CC(C)(CC(=O)N[C@@H]1CCc2ccccc2N(Cc2ccc(-c3ccccc3NC(N)=O)cc2)C1=O)NC[C@H](O)CO. The summed E-state index contributed by atoms with van der Waals surface area (Å²) >= 11 is 0. The molecule has 1 aliphatic rings. The minimum absolute atomic E-state index is 0.0927. The molecule has 42 heavy (non-hydrogen) atoms. The summed E-state index contributed by atoms with van der Waals surface area (Å²) in [5.74, 6) is -0.460. The molecule has 1 aliphatic heterocycles. The van der Waals surface area contributed by atoms with Gasteiger partial charge in [-0.2, -0.15) is 0 Å². The number of anilines is 2. The third kappa shape index (κ3) is 7.94. The maximum absolute atomic E-state index is 13.9. The van der Waals surface area contributed by atoms with E-state index >= 15 is 0 Å². The van der Waals surface area contributed by atoms with Crippen molar-refractivity contribution in [3.63, 3.8) is 0 Å². The highest BCUT2D eigenvalue weighted by Gasteiger charge is 2.32. The zero-order chi connectivity index (χ0) is 30.3. The van der Waals surface area contributed by atoms with Crippen molar-refractivity contribution in [1.29, 1.82) is 0 Å². The van der Waals surface area contributed by atoms with E-state index in [0.29, 0.717) is 25.1 Å². The Morgan fingerprint density at radius 3 is 2.45 bits per heavy atom. The molecule has 0 spiro atoms. The molecule has 4 rings (SSSR count). The van der Waals surface area contributed by atoms with Crippen LogP contribution >= 0.6 is 0 Å². The molecule has 0 aromatic heterocycles. The second-order valence-electron chi connectivity index (χ2n) is 11.2. The van der Waals surface area contributed by atoms with Gasteiger partial charge < -0.3 is 36.8 Å². The Kier molecular flexibility index (Phi) is 9.95. The number of urea groups is 1. The number of fused-ring (bicyclic) bond motifs is 1. The summed E-state index contributed by atoms with van der Waals surface area (Å²) in [7, 11) is 0. The Morgan fingerprint density at radius 1 is 1.05 bits per heavy atom. The molecule has 0 fully saturated rings. The summed E-state index contributed by atoms with van der Waals surface area (Å²) in [6, 6.07) is 21.6. The van der Waals surface area contributed by atoms with E-state index in [9.17, 15) is 19.5 Å². The van der Waals surface area contributed by atoms with Crippen LogP contribution in [-0.4, -0.2) is 58.9 Å². The van der Waals surface area contributed by atoms with Crippen molar-refractivity contribution < 1.29 is 24.6 Å². The first-order chi connectivity index (χ1) is 20.1. The van der Waals surface area contributed by atoms with E-state index in [2.05, 4.69) is 16.0 Å². The zero-order valence-electron chi connectivity index (χ0n) is 24.0. The standard InChI is InChI=1S/C32H39N5O5/c1-32(2,34-18-24(39)20-38)17-29(40)35-27-16-15-23-7-3-6-10-28(23)37(30(27)41)19-21-11-13-22(14-12-21)25-8-4-5-9-26(25)36-31(33)42/h3-14,24,27,34,38-39H,15-20H2,1-2H3,(H,35,40)(H3,33,36,42)/t24-,27+/m0/s1. The Hall–Kier alpha value is -4.25. The van der Waals surface area contributed by atoms with Gasteiger partial charge in [0.25, 0.3) is 0 Å². The first kappa shape index (κ1) is 30.7. The van der Waals surface area contributed by atoms with Gasteiger partial charge in [-0.3, -0.25) is 9.59 Å². The predicted molar refractivity (Wildman–Crippen MR) is 163 cm³/mol. The van der Waals surface area contributed by atoms with Crippen molar-refractivity contribution in [2.24, 2.45) is 5.73 Å². The quantitative estimate of drug-likeness (QED) is 0.207. The highest BCUT2D eigenvalue weighted by atomic mass is 16.3. The lowest BCUT2D eigenvalue weighted by molar-refractivity contribution is -0.128. The number of amides is 4. The van der Waals surface area contributed by atoms with Crippen molar-refractivity contribution in [3.8, 4) is 11.1 Å². The fourth-order valence-electron chi connectivity index (χ4n) is 5.13. The van der Waals surface area contributed by atoms with Gasteiger partial charge in [-0.15, -0.1) is 0 Å². The number of aliphatic hydroxyl groups is 2. The number of hydrogen-bond donors (Lipinski definition) is 6. The van der Waals surface area contributed by atoms with E-state index in [4.69, 9.17) is 10.8 Å². The van der Waals surface area contributed by atoms with Gasteiger partial charge >= 0.3 is 6.03 Å². The maximum atomic E-state index is 13.9. The average molecular weight is 574 g/mol. The molecule has 0 bridgehead atoms. The molecule has 0 saturated carbocycles. The number of nitrogens with zero attached hydrogens (tertiary/aromatic N) is 1. The van der Waals surface area contributed by atoms with Crippen LogP contribution in [0.1, 0.15) is 37.8 Å². The first-order valence-corrected chi connectivity index (χ1v) is 14.0. The zero-order valence-corrected chi connectivity index (χ0v) is 24.0. The van der Waals surface area contributed by atoms with Crippen LogP contribution in [0.5, 0.6) is 0 Å². The van der Waals surface area contributed by atoms with Gasteiger partial charge in [-0.05, 0) is 55.5 Å². The summed E-state index contributed by atoms with van der Waals surface area (Å²) in [4.78, 5) is 40.1. The first-order valence-electron chi connectivity index (χ1n) is 14.0. The Balaban J connectivity index is 1.51. The fraction of sp³-hybridized carbons (Fsp3) is 0.344. The Morgan fingerprint density at radius 2 is 1.74 bits per heavy atom. The predicted octanol–water partition coefficient (Wildman–Crippen LogP) is 2.92. The molecule has 4 amide bonds. The lowest BCUT2D eigenvalue weighted by atomic mass is 9.99. The van der Waals surface area contributed by atoms with Crippen molar-refractivity contribution in [1.82, 2.24) is 10.6 Å². The molecule has 10 heteroatoms. The lowest BCUT2D eigenvalue weighted by Crippen LogP contribution is -2.51. The van der Waals surface area contributed by atoms with Crippen LogP contribution in [0.4, 0.5) is 16.2 Å². The average Bonchev–Trinajstić information content (AvgIpc) is 3.08. The van der Waals surface area contributed by atoms with Crippen molar-refractivity contribution in [2.75, 3.05) is 23.4 Å². The van der Waals surface area contributed by atoms with Gasteiger partial charge in [0, 0.05) is 29.8 Å². The second kappa shape index (κ2) is 13.6. The van der Waals surface area contributed by atoms with Crippen LogP contribution < -0.4 is 26.6 Å². The molecule has 7 N–H and O–H groups in total. The molecule has 2 atom stereocenters. The number of β-amino-alcohol motifs (C(OH)–C–C–N with tert-alkyl or cyclic N) is 1. The maximum Gasteiger partial charge on any atom is 0.316 e. The number of aryl methyl sites for hydroxylation is 1. The molecule has 10 nitrogen and oxygen atoms in total. The van der Waals surface area contributed by atoms with Crippen molar-refractivity contribution in [3.05, 3.63) is 83.9 Å². The summed E-state index contributed by atoms with van der Waals surface area (Å²) in [6.07, 6.45) is 0.280. The highest BCUT2D eigenvalue weighted by molar-refractivity contribution is 6.00. The van der Waals surface area contributed by atoms with Crippen LogP contribution in [0.15, 0.2) is 72.8 Å². The molecular formula is C32H39N5O5. The number of nitrogens with two attached hydrogens (primary N) is 1. The summed E-state index contributed by atoms with van der Waals surface area (Å²) in [5.41, 5.74) is 9.76. The number of aliphatic hydroxyl groups excluding tert-OH is 2. The number of primary amides is 1. The summed E-state index contributed by atoms with van der Waals surface area (Å²) in [5, 5.41) is 27.4. The molecule has 3 aromatic carbocycles. The van der Waals surface area contributed by atoms with Crippen LogP contribution in [0.25, 0.3) is 11.1 Å². The topological polar surface area (TPSA) is 157 Å². The number of benzene rings is 3. The third-order valence-corrected chi connectivity index (χ3v) is 7.30. The van der Waals surface area contributed by atoms with Crippen molar-refractivity contribution >= 4 is 29.2 Å². The summed E-state index contributed by atoms with van der Waals surface area (Å²) < 4.78 is 0. The second-order valence-corrected chi connectivity index (χ2v) is 11.2. The number of nitrogens with one attached hydrogen (secondary N) is 3. The van der Waals surface area contributed by atoms with Gasteiger partial charge in [0.1, 0.15) is 6.04 Å². The number of hydrogen-bond acceptors (Lipinski definition) is 6. The smallest absolute Gasteiger partial charge is 0.316 e. The van der Waals surface area contributed by atoms with Gasteiger partial charge in [0.05, 0.1) is 24.9 Å². The Bertz CT molecular complexity index is 1410. The van der Waals surface area contributed by atoms with Crippen LogP contribution in [0, 0.1) is 0 Å². The van der Waals surface area contributed by atoms with Gasteiger partial charge in [-0.1, -0.05) is 60.7 Å². The minimum Gasteiger partial charge on any atom is -0.394 e. The molecular weight excluding hydrogens is 534 g/mol. The van der Waals surface area contributed by atoms with Gasteiger partial charge in [-0.25, -0.2) is 4.79 Å². The highest BCUT2D eigenvalue weighted by Crippen LogP contribution is 2.31. The fourth-order valence-corrected chi connectivity index (χ4v) is 5.13. The monoisotopic (exact) mass is 573 g/mol. The van der Waals surface area contributed by atoms with E-state index in [-0.39, 0.29) is 31.4 Å². The van der Waals surface area contributed by atoms with Crippen LogP contribution in [-0.2, 0) is 22.6 Å². The van der Waals surface area contributed by atoms with Crippen molar-refractivity contribution in [2.45, 2.75) is 57.3 Å². The molecule has 222 valence electrons. The summed E-state index contributed by atoms with van der Waals surface area (Å²) in [6.45, 7) is 3.76. The normalized spacial score (nSPS) is 15.9. The molecule has 3 aromatic rings. The molecule has 0 saturated heterocycles. The largest absolute Gasteiger partial charge is 0.394 e. The molecule has 0 radical (unpaired) electrons. The van der Waals surface area contributed by atoms with E-state index in [1.165, 1.54) is 0 Å². The number of rotatable bonds is 11. The molecule has 0 aliphatic carbocycles. The van der Waals surface area contributed by atoms with E-state index in [1.54, 1.807) is 11.0 Å². The number of para-hydroxylation sites is 2. The van der Waals surface area contributed by atoms with E-state index < -0.39 is 23.7 Å². The lowest BCUT2D eigenvalue weighted by Gasteiger charge is -2.29. The van der Waals surface area contributed by atoms with Gasteiger partial charge in [0.2, 0.25) is 11.8 Å². The number of carbonyl (C=O) groups excluding carboxylic acids is 3. The van der Waals surface area contributed by atoms with E-state index in [1.807, 2.05) is 80.6 Å². The molecule has 0 unspecified atom stereocenters. The van der Waals surface area contributed by atoms with Crippen LogP contribution in [0.3, 0.4) is 0 Å². The Labute approximate surface area is 245 Å². The minimum atomic E-state index is -0.918.